The standard InChI is InChI=1S/C19H17NO3/c21-17(11-14-7-3-1-4-8-14)16-12-18(22)19(23)13-20(16)15-9-5-2-6-10-15/h1-10,12-13,17,21,23H,11H2/t17-/m0/s1. The lowest BCUT2D eigenvalue weighted by Gasteiger charge is -2.18. The van der Waals surface area contributed by atoms with E-state index in [9.17, 15) is 15.0 Å². The van der Waals surface area contributed by atoms with Crippen LogP contribution in [0.1, 0.15) is 17.4 Å². The first kappa shape index (κ1) is 15.1. The number of aliphatic hydroxyl groups excluding tert-OH is 1. The maximum Gasteiger partial charge on any atom is 0.223 e. The largest absolute Gasteiger partial charge is 0.503 e. The predicted molar refractivity (Wildman–Crippen MR) is 88.8 cm³/mol. The molecule has 1 atom stereocenters. The van der Waals surface area contributed by atoms with E-state index >= 15 is 0 Å². The third-order valence-electron chi connectivity index (χ3n) is 3.71. The number of nitrogens with zero attached hydrogens (tertiary/aromatic N) is 1. The molecule has 0 aliphatic rings. The van der Waals surface area contributed by atoms with Gasteiger partial charge in [0.15, 0.2) is 5.75 Å². The molecule has 0 aliphatic carbocycles. The summed E-state index contributed by atoms with van der Waals surface area (Å²) in [7, 11) is 0. The average Bonchev–Trinajstić information content (AvgIpc) is 2.58. The maximum atomic E-state index is 11.8. The summed E-state index contributed by atoms with van der Waals surface area (Å²) in [5.74, 6) is -0.343. The Morgan fingerprint density at radius 2 is 1.57 bits per heavy atom. The van der Waals surface area contributed by atoms with Gasteiger partial charge >= 0.3 is 0 Å². The minimum atomic E-state index is -0.856. The Labute approximate surface area is 133 Å². The van der Waals surface area contributed by atoms with E-state index in [0.717, 1.165) is 11.3 Å². The van der Waals surface area contributed by atoms with Crippen LogP contribution in [0.5, 0.6) is 5.75 Å². The van der Waals surface area contributed by atoms with Gasteiger partial charge in [0, 0.05) is 18.2 Å². The lowest BCUT2D eigenvalue weighted by atomic mass is 10.0. The molecule has 1 heterocycles. The van der Waals surface area contributed by atoms with E-state index in [2.05, 4.69) is 0 Å². The molecule has 0 unspecified atom stereocenters. The first-order chi connectivity index (χ1) is 11.1. The Hall–Kier alpha value is -2.85. The van der Waals surface area contributed by atoms with Crippen LogP contribution >= 0.6 is 0 Å². The summed E-state index contributed by atoms with van der Waals surface area (Å²) in [6.07, 6.45) is 0.880. The van der Waals surface area contributed by atoms with Crippen molar-refractivity contribution in [3.05, 3.63) is 94.4 Å². The fraction of sp³-hybridized carbons (Fsp3) is 0.105. The highest BCUT2D eigenvalue weighted by Crippen LogP contribution is 2.22. The van der Waals surface area contributed by atoms with E-state index in [4.69, 9.17) is 0 Å². The second-order valence-corrected chi connectivity index (χ2v) is 5.36. The molecule has 0 fully saturated rings. The van der Waals surface area contributed by atoms with Crippen molar-refractivity contribution in [1.29, 1.82) is 0 Å². The van der Waals surface area contributed by atoms with Gasteiger partial charge in [0.25, 0.3) is 0 Å². The molecule has 0 saturated heterocycles. The van der Waals surface area contributed by atoms with Gasteiger partial charge < -0.3 is 14.8 Å². The van der Waals surface area contributed by atoms with E-state index in [1.165, 1.54) is 12.3 Å². The Balaban J connectivity index is 2.04. The summed E-state index contributed by atoms with van der Waals surface area (Å²) < 4.78 is 1.64. The molecule has 23 heavy (non-hydrogen) atoms. The SMILES string of the molecule is O=c1cc([C@@H](O)Cc2ccccc2)n(-c2ccccc2)cc1O. The molecule has 4 heteroatoms. The van der Waals surface area contributed by atoms with E-state index in [1.54, 1.807) is 4.57 Å². The highest BCUT2D eigenvalue weighted by Gasteiger charge is 2.16. The second kappa shape index (κ2) is 6.50. The molecule has 0 bridgehead atoms. The second-order valence-electron chi connectivity index (χ2n) is 5.36. The maximum absolute atomic E-state index is 11.8. The summed E-state index contributed by atoms with van der Waals surface area (Å²) in [5.41, 5.74) is 1.69. The fourth-order valence-corrected chi connectivity index (χ4v) is 2.55. The average molecular weight is 307 g/mol. The first-order valence-corrected chi connectivity index (χ1v) is 7.38. The minimum absolute atomic E-state index is 0.343. The van der Waals surface area contributed by atoms with Gasteiger partial charge in [0.2, 0.25) is 5.43 Å². The van der Waals surface area contributed by atoms with Crippen molar-refractivity contribution in [3.8, 4) is 11.4 Å². The van der Waals surface area contributed by atoms with E-state index in [1.807, 2.05) is 60.7 Å². The lowest BCUT2D eigenvalue weighted by molar-refractivity contribution is 0.170. The quantitative estimate of drug-likeness (QED) is 0.779. The lowest BCUT2D eigenvalue weighted by Crippen LogP contribution is -2.15. The van der Waals surface area contributed by atoms with Crippen molar-refractivity contribution in [2.75, 3.05) is 0 Å². The summed E-state index contributed by atoms with van der Waals surface area (Å²) in [6.45, 7) is 0. The van der Waals surface area contributed by atoms with Gasteiger partial charge in [-0.25, -0.2) is 0 Å². The number of aliphatic hydroxyl groups is 1. The first-order valence-electron chi connectivity index (χ1n) is 7.38. The van der Waals surface area contributed by atoms with Crippen molar-refractivity contribution < 1.29 is 10.2 Å². The number of pyridine rings is 1. The molecular weight excluding hydrogens is 290 g/mol. The zero-order valence-electron chi connectivity index (χ0n) is 12.5. The molecular formula is C19H17NO3. The Bertz CT molecular complexity index is 841. The van der Waals surface area contributed by atoms with Crippen molar-refractivity contribution in [2.45, 2.75) is 12.5 Å². The molecule has 2 aromatic carbocycles. The number of benzene rings is 2. The van der Waals surface area contributed by atoms with Gasteiger partial charge in [-0.1, -0.05) is 48.5 Å². The van der Waals surface area contributed by atoms with Crippen LogP contribution in [0.25, 0.3) is 5.69 Å². The van der Waals surface area contributed by atoms with Crippen LogP contribution in [0.3, 0.4) is 0 Å². The number of rotatable bonds is 4. The summed E-state index contributed by atoms with van der Waals surface area (Å²) >= 11 is 0. The summed E-state index contributed by atoms with van der Waals surface area (Å²) in [4.78, 5) is 11.8. The molecule has 0 amide bonds. The predicted octanol–water partition coefficient (Wildman–Crippen LogP) is 2.82. The molecule has 0 radical (unpaired) electrons. The molecule has 0 saturated carbocycles. The number of para-hydroxylation sites is 1. The van der Waals surface area contributed by atoms with E-state index in [-0.39, 0.29) is 5.75 Å². The molecule has 0 aliphatic heterocycles. The molecule has 3 aromatic rings. The summed E-state index contributed by atoms with van der Waals surface area (Å²) in [6, 6.07) is 20.2. The Morgan fingerprint density at radius 1 is 0.957 bits per heavy atom. The normalized spacial score (nSPS) is 12.0. The highest BCUT2D eigenvalue weighted by molar-refractivity contribution is 5.37. The number of hydrogen-bond donors (Lipinski definition) is 2. The van der Waals surface area contributed by atoms with E-state index in [0.29, 0.717) is 12.1 Å². The van der Waals surface area contributed by atoms with Crippen LogP contribution < -0.4 is 5.43 Å². The van der Waals surface area contributed by atoms with Crippen LogP contribution in [-0.4, -0.2) is 14.8 Å². The van der Waals surface area contributed by atoms with Crippen molar-refractivity contribution in [1.82, 2.24) is 4.57 Å². The molecule has 3 rings (SSSR count). The van der Waals surface area contributed by atoms with Gasteiger partial charge in [-0.15, -0.1) is 0 Å². The van der Waals surface area contributed by atoms with Crippen LogP contribution in [0.2, 0.25) is 0 Å². The monoisotopic (exact) mass is 307 g/mol. The molecule has 116 valence electrons. The smallest absolute Gasteiger partial charge is 0.223 e. The third kappa shape index (κ3) is 3.33. The summed E-state index contributed by atoms with van der Waals surface area (Å²) in [5, 5.41) is 20.3. The zero-order valence-corrected chi connectivity index (χ0v) is 12.5. The number of hydrogen-bond acceptors (Lipinski definition) is 3. The van der Waals surface area contributed by atoms with Gasteiger partial charge in [-0.05, 0) is 17.7 Å². The van der Waals surface area contributed by atoms with Crippen LogP contribution in [0.4, 0.5) is 0 Å². The minimum Gasteiger partial charge on any atom is -0.503 e. The topological polar surface area (TPSA) is 62.5 Å². The fourth-order valence-electron chi connectivity index (χ4n) is 2.55. The van der Waals surface area contributed by atoms with Gasteiger partial charge in [0.1, 0.15) is 0 Å². The van der Waals surface area contributed by atoms with Crippen molar-refractivity contribution >= 4 is 0 Å². The Morgan fingerprint density at radius 3 is 2.22 bits per heavy atom. The van der Waals surface area contributed by atoms with Gasteiger partial charge in [0.05, 0.1) is 18.0 Å². The van der Waals surface area contributed by atoms with Crippen LogP contribution in [0, 0.1) is 0 Å². The van der Waals surface area contributed by atoms with Crippen LogP contribution in [0.15, 0.2) is 77.7 Å². The third-order valence-corrected chi connectivity index (χ3v) is 3.71. The van der Waals surface area contributed by atoms with Crippen molar-refractivity contribution in [3.63, 3.8) is 0 Å². The molecule has 4 nitrogen and oxygen atoms in total. The zero-order chi connectivity index (χ0) is 16.2. The molecule has 0 spiro atoms. The van der Waals surface area contributed by atoms with Crippen LogP contribution in [-0.2, 0) is 6.42 Å². The molecule has 1 aromatic heterocycles. The van der Waals surface area contributed by atoms with Gasteiger partial charge in [-0.2, -0.15) is 0 Å². The Kier molecular flexibility index (Phi) is 4.26. The van der Waals surface area contributed by atoms with Gasteiger partial charge in [-0.3, -0.25) is 4.79 Å². The highest BCUT2D eigenvalue weighted by atomic mass is 16.3. The number of aromatic nitrogens is 1. The van der Waals surface area contributed by atoms with E-state index < -0.39 is 11.5 Å². The number of aromatic hydroxyl groups is 1. The molecule has 2 N–H and O–H groups in total. The van der Waals surface area contributed by atoms with Crippen molar-refractivity contribution in [2.24, 2.45) is 0 Å².